The molecule has 1 unspecified atom stereocenters. The number of carbonyl (C=O) groups excluding carboxylic acids is 1. The molecular weight excluding hydrogens is 244 g/mol. The SMILES string of the molecule is CCC(C#N)C(=O)NCc1cc(OC)ccc1OC. The number of hydrogen-bond donors (Lipinski definition) is 1. The molecule has 1 rings (SSSR count). The van der Waals surface area contributed by atoms with Gasteiger partial charge in [0.1, 0.15) is 17.4 Å². The first-order valence-corrected chi connectivity index (χ1v) is 6.04. The second kappa shape index (κ2) is 7.27. The first-order valence-electron chi connectivity index (χ1n) is 6.04. The van der Waals surface area contributed by atoms with Crippen LogP contribution in [0.3, 0.4) is 0 Å². The highest BCUT2D eigenvalue weighted by atomic mass is 16.5. The van der Waals surface area contributed by atoms with Crippen LogP contribution in [-0.2, 0) is 11.3 Å². The van der Waals surface area contributed by atoms with Crippen LogP contribution in [0.5, 0.6) is 11.5 Å². The summed E-state index contributed by atoms with van der Waals surface area (Å²) < 4.78 is 10.3. The fourth-order valence-corrected chi connectivity index (χ4v) is 1.66. The molecule has 1 aromatic carbocycles. The van der Waals surface area contributed by atoms with Gasteiger partial charge in [0.05, 0.1) is 20.3 Å². The Morgan fingerprint density at radius 3 is 2.68 bits per heavy atom. The molecule has 0 aliphatic rings. The van der Waals surface area contributed by atoms with E-state index in [-0.39, 0.29) is 5.91 Å². The summed E-state index contributed by atoms with van der Waals surface area (Å²) in [4.78, 5) is 11.7. The fourth-order valence-electron chi connectivity index (χ4n) is 1.66. The van der Waals surface area contributed by atoms with Crippen LogP contribution in [0.25, 0.3) is 0 Å². The van der Waals surface area contributed by atoms with Gasteiger partial charge in [-0.2, -0.15) is 5.26 Å². The second-order valence-corrected chi connectivity index (χ2v) is 3.99. The fraction of sp³-hybridized carbons (Fsp3) is 0.429. The lowest BCUT2D eigenvalue weighted by atomic mass is 10.1. The second-order valence-electron chi connectivity index (χ2n) is 3.99. The Hall–Kier alpha value is -2.22. The summed E-state index contributed by atoms with van der Waals surface area (Å²) in [5.74, 6) is 0.481. The van der Waals surface area contributed by atoms with E-state index in [1.807, 2.05) is 6.07 Å². The highest BCUT2D eigenvalue weighted by Gasteiger charge is 2.15. The minimum atomic E-state index is -0.614. The molecular formula is C14H18N2O3. The van der Waals surface area contributed by atoms with Gasteiger partial charge in [-0.25, -0.2) is 0 Å². The molecule has 0 saturated heterocycles. The first kappa shape index (κ1) is 14.8. The van der Waals surface area contributed by atoms with Crippen molar-refractivity contribution in [1.29, 1.82) is 5.26 Å². The van der Waals surface area contributed by atoms with Gasteiger partial charge in [-0.1, -0.05) is 6.92 Å². The summed E-state index contributed by atoms with van der Waals surface area (Å²) in [6.07, 6.45) is 0.498. The van der Waals surface area contributed by atoms with Gasteiger partial charge in [0.15, 0.2) is 0 Å². The molecule has 0 aliphatic carbocycles. The summed E-state index contributed by atoms with van der Waals surface area (Å²) in [6.45, 7) is 2.11. The maximum atomic E-state index is 11.7. The van der Waals surface area contributed by atoms with Crippen LogP contribution in [0.1, 0.15) is 18.9 Å². The van der Waals surface area contributed by atoms with E-state index in [4.69, 9.17) is 14.7 Å². The molecule has 102 valence electrons. The summed E-state index contributed by atoms with van der Waals surface area (Å²) in [5, 5.41) is 11.6. The number of hydrogen-bond acceptors (Lipinski definition) is 4. The van der Waals surface area contributed by atoms with Gasteiger partial charge in [0.2, 0.25) is 5.91 Å². The van der Waals surface area contributed by atoms with Gasteiger partial charge in [-0.3, -0.25) is 4.79 Å². The summed E-state index contributed by atoms with van der Waals surface area (Å²) in [7, 11) is 3.14. The molecule has 0 fully saturated rings. The van der Waals surface area contributed by atoms with Gasteiger partial charge in [-0.05, 0) is 24.6 Å². The average Bonchev–Trinajstić information content (AvgIpc) is 2.45. The average molecular weight is 262 g/mol. The molecule has 0 bridgehead atoms. The standard InChI is InChI=1S/C14H18N2O3/c1-4-10(8-15)14(17)16-9-11-7-12(18-2)5-6-13(11)19-3/h5-7,10H,4,9H2,1-3H3,(H,16,17). The summed E-state index contributed by atoms with van der Waals surface area (Å²) in [5.41, 5.74) is 0.808. The quantitative estimate of drug-likeness (QED) is 0.849. The topological polar surface area (TPSA) is 71.4 Å². The van der Waals surface area contributed by atoms with Crippen molar-refractivity contribution in [3.05, 3.63) is 23.8 Å². The van der Waals surface area contributed by atoms with Crippen molar-refractivity contribution < 1.29 is 14.3 Å². The molecule has 1 amide bonds. The third-order valence-electron chi connectivity index (χ3n) is 2.82. The van der Waals surface area contributed by atoms with E-state index in [9.17, 15) is 4.79 Å². The number of carbonyl (C=O) groups is 1. The maximum absolute atomic E-state index is 11.7. The predicted molar refractivity (Wildman–Crippen MR) is 70.8 cm³/mol. The minimum Gasteiger partial charge on any atom is -0.497 e. The summed E-state index contributed by atoms with van der Waals surface area (Å²) in [6, 6.07) is 7.33. The number of ether oxygens (including phenoxy) is 2. The van der Waals surface area contributed by atoms with Crippen molar-refractivity contribution in [2.75, 3.05) is 14.2 Å². The van der Waals surface area contributed by atoms with Gasteiger partial charge >= 0.3 is 0 Å². The number of methoxy groups -OCH3 is 2. The van der Waals surface area contributed by atoms with E-state index in [1.54, 1.807) is 39.3 Å². The normalized spacial score (nSPS) is 11.3. The predicted octanol–water partition coefficient (Wildman–Crippen LogP) is 1.87. The molecule has 1 N–H and O–H groups in total. The molecule has 0 saturated carbocycles. The van der Waals surface area contributed by atoms with Crippen LogP contribution in [0.4, 0.5) is 0 Å². The van der Waals surface area contributed by atoms with Crippen molar-refractivity contribution in [2.45, 2.75) is 19.9 Å². The lowest BCUT2D eigenvalue weighted by molar-refractivity contribution is -0.123. The van der Waals surface area contributed by atoms with Crippen LogP contribution < -0.4 is 14.8 Å². The molecule has 19 heavy (non-hydrogen) atoms. The van der Waals surface area contributed by atoms with Crippen LogP contribution >= 0.6 is 0 Å². The van der Waals surface area contributed by atoms with Gasteiger partial charge in [0, 0.05) is 12.1 Å². The van der Waals surface area contributed by atoms with Gasteiger partial charge in [0.25, 0.3) is 0 Å². The maximum Gasteiger partial charge on any atom is 0.237 e. The molecule has 0 aromatic heterocycles. The van der Waals surface area contributed by atoms with Crippen molar-refractivity contribution in [1.82, 2.24) is 5.32 Å². The molecule has 5 nitrogen and oxygen atoms in total. The van der Waals surface area contributed by atoms with Crippen LogP contribution in [0.15, 0.2) is 18.2 Å². The number of nitrogens with zero attached hydrogens (tertiary/aromatic N) is 1. The highest BCUT2D eigenvalue weighted by Crippen LogP contribution is 2.23. The van der Waals surface area contributed by atoms with E-state index in [1.165, 1.54) is 0 Å². The molecule has 5 heteroatoms. The van der Waals surface area contributed by atoms with Crippen molar-refractivity contribution in [2.24, 2.45) is 5.92 Å². The van der Waals surface area contributed by atoms with E-state index in [0.29, 0.717) is 24.5 Å². The van der Waals surface area contributed by atoms with Crippen molar-refractivity contribution in [3.63, 3.8) is 0 Å². The molecule has 1 aromatic rings. The van der Waals surface area contributed by atoms with E-state index in [2.05, 4.69) is 5.32 Å². The first-order chi connectivity index (χ1) is 9.15. The molecule has 0 spiro atoms. The molecule has 1 atom stereocenters. The highest BCUT2D eigenvalue weighted by molar-refractivity contribution is 5.81. The van der Waals surface area contributed by atoms with Crippen molar-refractivity contribution >= 4 is 5.91 Å². The Morgan fingerprint density at radius 1 is 1.42 bits per heavy atom. The Kier molecular flexibility index (Phi) is 5.68. The third kappa shape index (κ3) is 3.88. The van der Waals surface area contributed by atoms with E-state index >= 15 is 0 Å². The molecule has 0 heterocycles. The number of nitriles is 1. The number of benzene rings is 1. The molecule has 0 radical (unpaired) electrons. The number of nitrogens with one attached hydrogen (secondary N) is 1. The largest absolute Gasteiger partial charge is 0.497 e. The summed E-state index contributed by atoms with van der Waals surface area (Å²) >= 11 is 0. The third-order valence-corrected chi connectivity index (χ3v) is 2.82. The zero-order chi connectivity index (χ0) is 14.3. The Morgan fingerprint density at radius 2 is 2.16 bits per heavy atom. The lowest BCUT2D eigenvalue weighted by Crippen LogP contribution is -2.29. The van der Waals surface area contributed by atoms with Crippen molar-refractivity contribution in [3.8, 4) is 17.6 Å². The minimum absolute atomic E-state index is 0.269. The van der Waals surface area contributed by atoms with E-state index in [0.717, 1.165) is 5.56 Å². The van der Waals surface area contributed by atoms with Crippen LogP contribution in [0.2, 0.25) is 0 Å². The van der Waals surface area contributed by atoms with Crippen LogP contribution in [0, 0.1) is 17.2 Å². The Labute approximate surface area is 113 Å². The van der Waals surface area contributed by atoms with Gasteiger partial charge in [-0.15, -0.1) is 0 Å². The van der Waals surface area contributed by atoms with Gasteiger partial charge < -0.3 is 14.8 Å². The smallest absolute Gasteiger partial charge is 0.237 e. The number of rotatable bonds is 6. The molecule has 0 aliphatic heterocycles. The zero-order valence-electron chi connectivity index (χ0n) is 11.4. The Bertz CT molecular complexity index is 480. The zero-order valence-corrected chi connectivity index (χ0v) is 11.4. The lowest BCUT2D eigenvalue weighted by Gasteiger charge is -2.12. The van der Waals surface area contributed by atoms with Crippen LogP contribution in [-0.4, -0.2) is 20.1 Å². The number of amides is 1. The van der Waals surface area contributed by atoms with E-state index < -0.39 is 5.92 Å². The Balaban J connectivity index is 2.76. The monoisotopic (exact) mass is 262 g/mol.